The summed E-state index contributed by atoms with van der Waals surface area (Å²) in [6.45, 7) is 0. The number of nitrogens with zero attached hydrogens (tertiary/aromatic N) is 1. The molecular formula is C46H31NO. The summed E-state index contributed by atoms with van der Waals surface area (Å²) < 4.78 is 6.10. The number of hydrogen-bond acceptors (Lipinski definition) is 2. The van der Waals surface area contributed by atoms with E-state index in [0.29, 0.717) is 0 Å². The summed E-state index contributed by atoms with van der Waals surface area (Å²) in [6, 6.07) is 67.1. The highest BCUT2D eigenvalue weighted by atomic mass is 16.3. The molecule has 0 amide bonds. The van der Waals surface area contributed by atoms with Gasteiger partial charge in [-0.1, -0.05) is 133 Å². The van der Waals surface area contributed by atoms with E-state index in [4.69, 9.17) is 4.42 Å². The number of anilines is 3. The SMILES string of the molecule is c1ccc(-c2ccccc2N(c2ccc(-c3ccc4oc5ccccc5c4c3)cc2)c2cccc(-c3ccc4ccccc4c3)c2)cc1. The molecule has 0 saturated carbocycles. The summed E-state index contributed by atoms with van der Waals surface area (Å²) in [5.74, 6) is 0. The first-order valence-electron chi connectivity index (χ1n) is 16.3. The minimum Gasteiger partial charge on any atom is -0.456 e. The third-order valence-corrected chi connectivity index (χ3v) is 9.25. The lowest BCUT2D eigenvalue weighted by atomic mass is 9.98. The van der Waals surface area contributed by atoms with Crippen molar-refractivity contribution in [1.29, 1.82) is 0 Å². The molecule has 48 heavy (non-hydrogen) atoms. The van der Waals surface area contributed by atoms with Crippen LogP contribution in [0, 0.1) is 0 Å². The molecule has 2 heteroatoms. The molecule has 0 bridgehead atoms. The first kappa shape index (κ1) is 27.9. The second-order valence-electron chi connectivity index (χ2n) is 12.2. The Morgan fingerprint density at radius 3 is 1.88 bits per heavy atom. The molecule has 0 spiro atoms. The van der Waals surface area contributed by atoms with E-state index in [9.17, 15) is 0 Å². The van der Waals surface area contributed by atoms with Gasteiger partial charge in [-0.05, 0) is 93.2 Å². The second-order valence-corrected chi connectivity index (χ2v) is 12.2. The Labute approximate surface area is 279 Å². The molecule has 226 valence electrons. The van der Waals surface area contributed by atoms with Gasteiger partial charge in [-0.15, -0.1) is 0 Å². The van der Waals surface area contributed by atoms with E-state index in [1.165, 1.54) is 33.0 Å². The zero-order chi connectivity index (χ0) is 31.9. The van der Waals surface area contributed by atoms with E-state index in [1.54, 1.807) is 0 Å². The quantitative estimate of drug-likeness (QED) is 0.185. The van der Waals surface area contributed by atoms with Gasteiger partial charge >= 0.3 is 0 Å². The van der Waals surface area contributed by atoms with Crippen LogP contribution in [-0.2, 0) is 0 Å². The van der Waals surface area contributed by atoms with Gasteiger partial charge in [0.25, 0.3) is 0 Å². The van der Waals surface area contributed by atoms with Gasteiger partial charge in [0, 0.05) is 27.7 Å². The standard InChI is InChI=1S/C46H31NO/c1-2-12-34(13-3-1)41-17-6-8-19-44(41)47(40-16-10-15-36(30-40)37-22-21-32-11-4-5-14-35(32)29-37)39-26-23-33(24-27-39)38-25-28-46-43(31-38)42-18-7-9-20-45(42)48-46/h1-31H. The van der Waals surface area contributed by atoms with Crippen LogP contribution in [-0.4, -0.2) is 0 Å². The van der Waals surface area contributed by atoms with Crippen molar-refractivity contribution in [2.24, 2.45) is 0 Å². The Morgan fingerprint density at radius 2 is 0.979 bits per heavy atom. The summed E-state index contributed by atoms with van der Waals surface area (Å²) in [5.41, 5.74) is 12.2. The van der Waals surface area contributed by atoms with Crippen LogP contribution in [0.15, 0.2) is 192 Å². The van der Waals surface area contributed by atoms with E-state index >= 15 is 0 Å². The van der Waals surface area contributed by atoms with Crippen molar-refractivity contribution in [1.82, 2.24) is 0 Å². The zero-order valence-electron chi connectivity index (χ0n) is 26.3. The largest absolute Gasteiger partial charge is 0.456 e. The maximum atomic E-state index is 6.10. The number of furan rings is 1. The van der Waals surface area contributed by atoms with Crippen molar-refractivity contribution in [3.05, 3.63) is 188 Å². The maximum Gasteiger partial charge on any atom is 0.135 e. The van der Waals surface area contributed by atoms with Crippen molar-refractivity contribution in [2.75, 3.05) is 4.90 Å². The molecular weight excluding hydrogens is 583 g/mol. The predicted molar refractivity (Wildman–Crippen MR) is 202 cm³/mol. The van der Waals surface area contributed by atoms with Crippen LogP contribution in [0.25, 0.3) is 66.1 Å². The summed E-state index contributed by atoms with van der Waals surface area (Å²) in [7, 11) is 0. The molecule has 1 aromatic heterocycles. The zero-order valence-corrected chi connectivity index (χ0v) is 26.3. The highest BCUT2D eigenvalue weighted by Crippen LogP contribution is 2.42. The van der Waals surface area contributed by atoms with Crippen LogP contribution in [0.5, 0.6) is 0 Å². The average Bonchev–Trinajstić information content (AvgIpc) is 3.54. The normalized spacial score (nSPS) is 11.3. The van der Waals surface area contributed by atoms with E-state index < -0.39 is 0 Å². The Balaban J connectivity index is 1.17. The Kier molecular flexibility index (Phi) is 6.84. The smallest absolute Gasteiger partial charge is 0.135 e. The molecule has 0 aliphatic heterocycles. The van der Waals surface area contributed by atoms with Crippen LogP contribution in [0.3, 0.4) is 0 Å². The van der Waals surface area contributed by atoms with Crippen molar-refractivity contribution in [2.45, 2.75) is 0 Å². The highest BCUT2D eigenvalue weighted by Gasteiger charge is 2.18. The Hall–Kier alpha value is -6.38. The molecule has 0 unspecified atom stereocenters. The minimum absolute atomic E-state index is 0.909. The Bertz CT molecular complexity index is 2560. The molecule has 0 N–H and O–H groups in total. The number of benzene rings is 8. The number of rotatable bonds is 6. The molecule has 0 aliphatic rings. The van der Waals surface area contributed by atoms with Gasteiger partial charge in [-0.25, -0.2) is 0 Å². The highest BCUT2D eigenvalue weighted by molar-refractivity contribution is 6.06. The van der Waals surface area contributed by atoms with Crippen LogP contribution in [0.1, 0.15) is 0 Å². The van der Waals surface area contributed by atoms with Crippen LogP contribution in [0.4, 0.5) is 17.1 Å². The topological polar surface area (TPSA) is 16.4 Å². The fraction of sp³-hybridized carbons (Fsp3) is 0. The molecule has 0 fully saturated rings. The molecule has 0 atom stereocenters. The van der Waals surface area contributed by atoms with Gasteiger partial charge in [-0.2, -0.15) is 0 Å². The summed E-state index contributed by atoms with van der Waals surface area (Å²) in [5, 5.41) is 4.76. The van der Waals surface area contributed by atoms with Crippen molar-refractivity contribution in [3.63, 3.8) is 0 Å². The molecule has 2 nitrogen and oxygen atoms in total. The fourth-order valence-corrected chi connectivity index (χ4v) is 6.86. The number of para-hydroxylation sites is 2. The summed E-state index contributed by atoms with van der Waals surface area (Å²) in [4.78, 5) is 2.38. The number of fused-ring (bicyclic) bond motifs is 4. The second kappa shape index (κ2) is 11.8. The first-order valence-corrected chi connectivity index (χ1v) is 16.3. The van der Waals surface area contributed by atoms with Gasteiger partial charge in [0.05, 0.1) is 5.69 Å². The minimum atomic E-state index is 0.909. The summed E-state index contributed by atoms with van der Waals surface area (Å²) in [6.07, 6.45) is 0. The van der Waals surface area contributed by atoms with Gasteiger partial charge in [0.2, 0.25) is 0 Å². The Morgan fingerprint density at radius 1 is 0.333 bits per heavy atom. The average molecular weight is 614 g/mol. The monoisotopic (exact) mass is 613 g/mol. The number of hydrogen-bond donors (Lipinski definition) is 0. The molecule has 8 aromatic carbocycles. The van der Waals surface area contributed by atoms with Crippen molar-refractivity contribution < 1.29 is 4.42 Å². The van der Waals surface area contributed by atoms with Crippen LogP contribution >= 0.6 is 0 Å². The van der Waals surface area contributed by atoms with E-state index in [-0.39, 0.29) is 0 Å². The van der Waals surface area contributed by atoms with Crippen LogP contribution in [0.2, 0.25) is 0 Å². The van der Waals surface area contributed by atoms with Gasteiger partial charge in [0.1, 0.15) is 11.2 Å². The lowest BCUT2D eigenvalue weighted by Gasteiger charge is -2.28. The molecule has 0 saturated heterocycles. The molecule has 1 heterocycles. The maximum absolute atomic E-state index is 6.10. The van der Waals surface area contributed by atoms with E-state index in [1.807, 2.05) is 12.1 Å². The van der Waals surface area contributed by atoms with E-state index in [2.05, 4.69) is 181 Å². The molecule has 0 aliphatic carbocycles. The molecule has 9 aromatic rings. The van der Waals surface area contributed by atoms with Crippen molar-refractivity contribution >= 4 is 49.8 Å². The summed E-state index contributed by atoms with van der Waals surface area (Å²) >= 11 is 0. The van der Waals surface area contributed by atoms with Gasteiger partial charge in [0.15, 0.2) is 0 Å². The molecule has 9 rings (SSSR count). The third-order valence-electron chi connectivity index (χ3n) is 9.25. The third kappa shape index (κ3) is 5.01. The van der Waals surface area contributed by atoms with Crippen LogP contribution < -0.4 is 4.90 Å². The lowest BCUT2D eigenvalue weighted by molar-refractivity contribution is 0.669. The molecule has 0 radical (unpaired) electrons. The predicted octanol–water partition coefficient (Wildman–Crippen LogP) is 13.2. The fourth-order valence-electron chi connectivity index (χ4n) is 6.86. The first-order chi connectivity index (χ1) is 23.8. The van der Waals surface area contributed by atoms with Gasteiger partial charge < -0.3 is 9.32 Å². The lowest BCUT2D eigenvalue weighted by Crippen LogP contribution is -2.11. The van der Waals surface area contributed by atoms with Gasteiger partial charge in [-0.3, -0.25) is 0 Å². The van der Waals surface area contributed by atoms with Crippen molar-refractivity contribution in [3.8, 4) is 33.4 Å². The van der Waals surface area contributed by atoms with E-state index in [0.717, 1.165) is 50.1 Å².